The van der Waals surface area contributed by atoms with Gasteiger partial charge in [-0.15, -0.1) is 0 Å². The van der Waals surface area contributed by atoms with E-state index >= 15 is 0 Å². The van der Waals surface area contributed by atoms with Gasteiger partial charge in [0.1, 0.15) is 0 Å². The molecule has 1 aromatic carbocycles. The van der Waals surface area contributed by atoms with Gasteiger partial charge >= 0.3 is 11.9 Å². The van der Waals surface area contributed by atoms with Crippen LogP contribution in [-0.4, -0.2) is 25.7 Å². The predicted molar refractivity (Wildman–Crippen MR) is 69.3 cm³/mol. The number of methoxy groups -OCH3 is 1. The predicted octanol–water partition coefficient (Wildman–Crippen LogP) is 2.82. The Balaban J connectivity index is 0.000000331. The molecule has 0 aliphatic heterocycles. The van der Waals surface area contributed by atoms with E-state index in [4.69, 9.17) is 0 Å². The third-order valence-electron chi connectivity index (χ3n) is 1.95. The highest BCUT2D eigenvalue weighted by Gasteiger charge is 2.00. The Kier molecular flexibility index (Phi) is 9.27. The molecule has 0 radical (unpaired) electrons. The number of rotatable bonds is 4. The molecule has 0 spiro atoms. The van der Waals surface area contributed by atoms with E-state index in [1.165, 1.54) is 7.11 Å². The topological polar surface area (TPSA) is 52.6 Å². The van der Waals surface area contributed by atoms with Gasteiger partial charge in [-0.05, 0) is 25.5 Å². The highest BCUT2D eigenvalue weighted by Crippen LogP contribution is 1.98. The smallest absolute Gasteiger partial charge is 0.337 e. The van der Waals surface area contributed by atoms with Crippen LogP contribution in [0.25, 0.3) is 0 Å². The molecule has 1 rings (SSSR count). The first-order valence-corrected chi connectivity index (χ1v) is 5.94. The highest BCUT2D eigenvalue weighted by atomic mass is 16.5. The molecule has 0 N–H and O–H groups in total. The number of benzene rings is 1. The molecule has 0 aromatic heterocycles. The summed E-state index contributed by atoms with van der Waals surface area (Å²) in [4.78, 5) is 21.2. The third-order valence-corrected chi connectivity index (χ3v) is 1.95. The van der Waals surface area contributed by atoms with E-state index in [0.717, 1.165) is 6.42 Å². The van der Waals surface area contributed by atoms with Crippen LogP contribution < -0.4 is 0 Å². The molecule has 0 aliphatic carbocycles. The monoisotopic (exact) mass is 252 g/mol. The summed E-state index contributed by atoms with van der Waals surface area (Å²) in [6.07, 6.45) is 1.42. The average Bonchev–Trinajstić information content (AvgIpc) is 2.40. The van der Waals surface area contributed by atoms with E-state index in [-0.39, 0.29) is 11.9 Å². The third kappa shape index (κ3) is 7.44. The number of hydrogen-bond donors (Lipinski definition) is 0. The Labute approximate surface area is 108 Å². The molecule has 0 heterocycles. The van der Waals surface area contributed by atoms with Crippen LogP contribution in [0.2, 0.25) is 0 Å². The summed E-state index contributed by atoms with van der Waals surface area (Å²) in [6.45, 7) is 4.27. The maximum absolute atomic E-state index is 10.8. The lowest BCUT2D eigenvalue weighted by Gasteiger charge is -1.96. The van der Waals surface area contributed by atoms with Crippen LogP contribution in [0.3, 0.4) is 0 Å². The van der Waals surface area contributed by atoms with Gasteiger partial charge in [-0.3, -0.25) is 4.79 Å². The maximum atomic E-state index is 10.8. The molecular formula is C14H20O4. The molecule has 4 heteroatoms. The Morgan fingerprint density at radius 1 is 1.11 bits per heavy atom. The van der Waals surface area contributed by atoms with Gasteiger partial charge < -0.3 is 9.47 Å². The minimum Gasteiger partial charge on any atom is -0.466 e. The fourth-order valence-corrected chi connectivity index (χ4v) is 1.13. The Morgan fingerprint density at radius 3 is 2.17 bits per heavy atom. The van der Waals surface area contributed by atoms with Crippen molar-refractivity contribution < 1.29 is 19.1 Å². The van der Waals surface area contributed by atoms with Gasteiger partial charge in [0.2, 0.25) is 0 Å². The minimum absolute atomic E-state index is 0.0880. The zero-order valence-corrected chi connectivity index (χ0v) is 11.1. The highest BCUT2D eigenvalue weighted by molar-refractivity contribution is 5.89. The molecular weight excluding hydrogens is 232 g/mol. The Bertz CT molecular complexity index is 338. The molecule has 0 unspecified atom stereocenters. The fourth-order valence-electron chi connectivity index (χ4n) is 1.13. The van der Waals surface area contributed by atoms with Gasteiger partial charge in [-0.1, -0.05) is 25.1 Å². The van der Waals surface area contributed by atoms with Gasteiger partial charge in [-0.25, -0.2) is 4.79 Å². The number of carbonyl (C=O) groups is 2. The molecule has 0 bridgehead atoms. The van der Waals surface area contributed by atoms with Crippen molar-refractivity contribution in [2.24, 2.45) is 0 Å². The van der Waals surface area contributed by atoms with E-state index in [1.807, 2.05) is 19.9 Å². The molecule has 1 aromatic rings. The van der Waals surface area contributed by atoms with Gasteiger partial charge in [0.05, 0.1) is 19.3 Å². The molecule has 0 atom stereocenters. The van der Waals surface area contributed by atoms with Crippen LogP contribution in [0.1, 0.15) is 37.0 Å². The van der Waals surface area contributed by atoms with Crippen molar-refractivity contribution in [1.82, 2.24) is 0 Å². The van der Waals surface area contributed by atoms with Crippen LogP contribution in [0.4, 0.5) is 0 Å². The van der Waals surface area contributed by atoms with Crippen molar-refractivity contribution in [1.29, 1.82) is 0 Å². The summed E-state index contributed by atoms with van der Waals surface area (Å²) in [5.74, 6) is -0.379. The van der Waals surface area contributed by atoms with E-state index in [9.17, 15) is 9.59 Å². The second-order valence-corrected chi connectivity index (χ2v) is 3.41. The zero-order chi connectivity index (χ0) is 13.8. The Morgan fingerprint density at radius 2 is 1.72 bits per heavy atom. The van der Waals surface area contributed by atoms with Crippen molar-refractivity contribution in [2.75, 3.05) is 13.7 Å². The van der Waals surface area contributed by atoms with Gasteiger partial charge in [0.15, 0.2) is 0 Å². The van der Waals surface area contributed by atoms with E-state index in [1.54, 1.807) is 24.3 Å². The largest absolute Gasteiger partial charge is 0.466 e. The fraction of sp³-hybridized carbons (Fsp3) is 0.429. The molecule has 0 amide bonds. The number of esters is 2. The van der Waals surface area contributed by atoms with Crippen LogP contribution in [0.15, 0.2) is 30.3 Å². The molecule has 100 valence electrons. The molecule has 4 nitrogen and oxygen atoms in total. The first kappa shape index (κ1) is 16.2. The SMILES string of the molecule is CCCC(=O)OCC.COC(=O)c1ccccc1. The molecule has 18 heavy (non-hydrogen) atoms. The average molecular weight is 252 g/mol. The van der Waals surface area contributed by atoms with E-state index in [2.05, 4.69) is 9.47 Å². The summed E-state index contributed by atoms with van der Waals surface area (Å²) in [5.41, 5.74) is 0.588. The lowest BCUT2D eigenvalue weighted by Crippen LogP contribution is -2.01. The Hall–Kier alpha value is -1.84. The summed E-state index contributed by atoms with van der Waals surface area (Å²) in [6, 6.07) is 8.88. The van der Waals surface area contributed by atoms with Crippen LogP contribution in [0.5, 0.6) is 0 Å². The van der Waals surface area contributed by atoms with Crippen molar-refractivity contribution in [3.63, 3.8) is 0 Å². The van der Waals surface area contributed by atoms with Gasteiger partial charge in [-0.2, -0.15) is 0 Å². The summed E-state index contributed by atoms with van der Waals surface area (Å²) < 4.78 is 9.14. The first-order valence-electron chi connectivity index (χ1n) is 5.94. The zero-order valence-electron chi connectivity index (χ0n) is 11.1. The molecule has 0 saturated heterocycles. The lowest BCUT2D eigenvalue weighted by molar-refractivity contribution is -0.143. The van der Waals surface area contributed by atoms with Crippen molar-refractivity contribution in [3.8, 4) is 0 Å². The van der Waals surface area contributed by atoms with Crippen molar-refractivity contribution >= 4 is 11.9 Å². The van der Waals surface area contributed by atoms with Gasteiger partial charge in [0, 0.05) is 6.42 Å². The van der Waals surface area contributed by atoms with Crippen LogP contribution in [-0.2, 0) is 14.3 Å². The summed E-state index contributed by atoms with van der Waals surface area (Å²) >= 11 is 0. The number of carbonyl (C=O) groups excluding carboxylic acids is 2. The minimum atomic E-state index is -0.291. The summed E-state index contributed by atoms with van der Waals surface area (Å²) in [5, 5.41) is 0. The van der Waals surface area contributed by atoms with Crippen molar-refractivity contribution in [2.45, 2.75) is 26.7 Å². The standard InChI is InChI=1S/C8H8O2.C6H12O2/c1-10-8(9)7-5-3-2-4-6-7;1-3-5-6(7)8-4-2/h2-6H,1H3;3-5H2,1-2H3. The quantitative estimate of drug-likeness (QED) is 0.773. The summed E-state index contributed by atoms with van der Waals surface area (Å²) in [7, 11) is 1.37. The lowest BCUT2D eigenvalue weighted by atomic mass is 10.2. The second-order valence-electron chi connectivity index (χ2n) is 3.41. The molecule has 0 fully saturated rings. The van der Waals surface area contributed by atoms with Gasteiger partial charge in [0.25, 0.3) is 0 Å². The molecule has 0 saturated carbocycles. The van der Waals surface area contributed by atoms with Crippen LogP contribution in [0, 0.1) is 0 Å². The normalized spacial score (nSPS) is 8.83. The van der Waals surface area contributed by atoms with Crippen molar-refractivity contribution in [3.05, 3.63) is 35.9 Å². The first-order chi connectivity index (χ1) is 8.65. The van der Waals surface area contributed by atoms with E-state index in [0.29, 0.717) is 18.6 Å². The second kappa shape index (κ2) is 10.3. The van der Waals surface area contributed by atoms with E-state index < -0.39 is 0 Å². The number of ether oxygens (including phenoxy) is 2. The maximum Gasteiger partial charge on any atom is 0.337 e. The number of hydrogen-bond acceptors (Lipinski definition) is 4. The van der Waals surface area contributed by atoms with Crippen LogP contribution >= 0.6 is 0 Å². The molecule has 0 aliphatic rings.